The Morgan fingerprint density at radius 3 is 2.63 bits per heavy atom. The van der Waals surface area contributed by atoms with E-state index >= 15 is 0 Å². The average Bonchev–Trinajstić information content (AvgIpc) is 3.11. The normalized spacial score (nSPS) is 10.5. The van der Waals surface area contributed by atoms with Crippen molar-refractivity contribution in [1.29, 1.82) is 0 Å². The van der Waals surface area contributed by atoms with Gasteiger partial charge in [-0.15, -0.1) is 11.3 Å². The fraction of sp³-hybridized carbons (Fsp3) is 0.200. The highest BCUT2D eigenvalue weighted by molar-refractivity contribution is 7.13. The number of thiazole rings is 1. The minimum Gasteiger partial charge on any atom is -0.493 e. The second-order valence-corrected chi connectivity index (χ2v) is 6.76. The van der Waals surface area contributed by atoms with Crippen LogP contribution in [-0.4, -0.2) is 25.1 Å². The van der Waals surface area contributed by atoms with Gasteiger partial charge in [0.05, 0.1) is 26.3 Å². The molecule has 0 aliphatic carbocycles. The summed E-state index contributed by atoms with van der Waals surface area (Å²) in [4.78, 5) is 16.8. The summed E-state index contributed by atoms with van der Waals surface area (Å²) >= 11 is 1.45. The molecule has 0 saturated carbocycles. The summed E-state index contributed by atoms with van der Waals surface area (Å²) in [7, 11) is 3.16. The van der Waals surface area contributed by atoms with E-state index in [1.807, 2.05) is 23.6 Å². The molecule has 1 amide bonds. The molecule has 27 heavy (non-hydrogen) atoms. The first-order chi connectivity index (χ1) is 13.0. The number of carbonyl (C=O) groups is 1. The lowest BCUT2D eigenvalue weighted by Crippen LogP contribution is -2.15. The first-order valence-electron chi connectivity index (χ1n) is 8.23. The Balaban J connectivity index is 1.71. The molecule has 0 atom stereocenters. The van der Waals surface area contributed by atoms with Gasteiger partial charge >= 0.3 is 0 Å². The van der Waals surface area contributed by atoms with Crippen LogP contribution in [0.2, 0.25) is 0 Å². The van der Waals surface area contributed by atoms with Crippen molar-refractivity contribution in [3.63, 3.8) is 0 Å². The summed E-state index contributed by atoms with van der Waals surface area (Å²) in [5.41, 5.74) is 2.82. The largest absolute Gasteiger partial charge is 0.493 e. The second-order valence-electron chi connectivity index (χ2n) is 5.90. The Kier molecular flexibility index (Phi) is 5.71. The Morgan fingerprint density at radius 1 is 1.15 bits per heavy atom. The third kappa shape index (κ3) is 4.43. The number of amides is 1. The van der Waals surface area contributed by atoms with Gasteiger partial charge in [0.1, 0.15) is 10.8 Å². The van der Waals surface area contributed by atoms with Crippen molar-refractivity contribution in [2.24, 2.45) is 0 Å². The summed E-state index contributed by atoms with van der Waals surface area (Å²) in [6.07, 6.45) is 0.139. The highest BCUT2D eigenvalue weighted by Crippen LogP contribution is 2.33. The lowest BCUT2D eigenvalue weighted by Gasteiger charge is -2.08. The molecule has 2 aromatic carbocycles. The van der Waals surface area contributed by atoms with E-state index in [9.17, 15) is 9.18 Å². The number of anilines is 1. The van der Waals surface area contributed by atoms with Gasteiger partial charge in [0.25, 0.3) is 0 Å². The van der Waals surface area contributed by atoms with Gasteiger partial charge in [-0.1, -0.05) is 0 Å². The number of nitrogens with zero attached hydrogens (tertiary/aromatic N) is 1. The van der Waals surface area contributed by atoms with E-state index in [2.05, 4.69) is 10.3 Å². The molecule has 0 fully saturated rings. The van der Waals surface area contributed by atoms with Gasteiger partial charge in [0.15, 0.2) is 11.5 Å². The number of hydrogen-bond donors (Lipinski definition) is 1. The van der Waals surface area contributed by atoms with Gasteiger partial charge < -0.3 is 14.8 Å². The molecular weight excluding hydrogens is 367 g/mol. The van der Waals surface area contributed by atoms with Gasteiger partial charge in [-0.25, -0.2) is 9.37 Å². The predicted molar refractivity (Wildman–Crippen MR) is 104 cm³/mol. The number of halogens is 1. The summed E-state index contributed by atoms with van der Waals surface area (Å²) in [5, 5.41) is 5.43. The van der Waals surface area contributed by atoms with Crippen LogP contribution in [0, 0.1) is 12.7 Å². The van der Waals surface area contributed by atoms with Crippen LogP contribution in [0.25, 0.3) is 10.6 Å². The van der Waals surface area contributed by atoms with E-state index in [4.69, 9.17) is 9.47 Å². The molecular formula is C20H19FN2O3S. The van der Waals surface area contributed by atoms with Crippen LogP contribution in [0.1, 0.15) is 11.3 Å². The lowest BCUT2D eigenvalue weighted by atomic mass is 10.2. The molecule has 0 spiro atoms. The van der Waals surface area contributed by atoms with Crippen LogP contribution >= 0.6 is 11.3 Å². The van der Waals surface area contributed by atoms with Crippen LogP contribution < -0.4 is 14.8 Å². The third-order valence-electron chi connectivity index (χ3n) is 3.99. The van der Waals surface area contributed by atoms with Crippen molar-refractivity contribution in [3.8, 4) is 22.1 Å². The van der Waals surface area contributed by atoms with Crippen molar-refractivity contribution in [2.75, 3.05) is 19.5 Å². The SMILES string of the molecule is COc1ccc(-c2nc(CC(=O)Nc3ccc(F)cc3C)cs2)cc1OC. The Morgan fingerprint density at radius 2 is 1.93 bits per heavy atom. The molecule has 0 radical (unpaired) electrons. The summed E-state index contributed by atoms with van der Waals surface area (Å²) in [6.45, 7) is 1.75. The first-order valence-corrected chi connectivity index (χ1v) is 9.11. The van der Waals surface area contributed by atoms with Crippen molar-refractivity contribution in [3.05, 3.63) is 58.9 Å². The minimum absolute atomic E-state index is 0.139. The van der Waals surface area contributed by atoms with Crippen molar-refractivity contribution in [2.45, 2.75) is 13.3 Å². The second kappa shape index (κ2) is 8.18. The van der Waals surface area contributed by atoms with Gasteiger partial charge in [-0.2, -0.15) is 0 Å². The molecule has 1 heterocycles. The third-order valence-corrected chi connectivity index (χ3v) is 4.93. The zero-order valence-corrected chi connectivity index (χ0v) is 16.0. The topological polar surface area (TPSA) is 60.5 Å². The summed E-state index contributed by atoms with van der Waals surface area (Å²) in [6, 6.07) is 9.82. The molecule has 0 saturated heterocycles. The van der Waals surface area contributed by atoms with Crippen LogP contribution in [0.15, 0.2) is 41.8 Å². The minimum atomic E-state index is -0.329. The lowest BCUT2D eigenvalue weighted by molar-refractivity contribution is -0.115. The van der Waals surface area contributed by atoms with Crippen molar-refractivity contribution < 1.29 is 18.7 Å². The maximum absolute atomic E-state index is 13.2. The molecule has 7 heteroatoms. The maximum atomic E-state index is 13.2. The first kappa shape index (κ1) is 18.8. The fourth-order valence-electron chi connectivity index (χ4n) is 2.62. The van der Waals surface area contributed by atoms with Gasteiger partial charge in [0, 0.05) is 16.6 Å². The number of hydrogen-bond acceptors (Lipinski definition) is 5. The summed E-state index contributed by atoms with van der Waals surface area (Å²) in [5.74, 6) is 0.738. The molecule has 5 nitrogen and oxygen atoms in total. The standard InChI is InChI=1S/C20H19FN2O3S/c1-12-8-14(21)5-6-16(12)23-19(24)10-15-11-27-20(22-15)13-4-7-17(25-2)18(9-13)26-3/h4-9,11H,10H2,1-3H3,(H,23,24). The number of rotatable bonds is 6. The van der Waals surface area contributed by atoms with Gasteiger partial charge in [-0.3, -0.25) is 4.79 Å². The van der Waals surface area contributed by atoms with E-state index in [-0.39, 0.29) is 18.1 Å². The maximum Gasteiger partial charge on any atom is 0.230 e. The molecule has 0 aliphatic rings. The van der Waals surface area contributed by atoms with Crippen molar-refractivity contribution >= 4 is 22.9 Å². The van der Waals surface area contributed by atoms with Crippen LogP contribution in [0.3, 0.4) is 0 Å². The smallest absolute Gasteiger partial charge is 0.230 e. The highest BCUT2D eigenvalue weighted by Gasteiger charge is 2.12. The van der Waals surface area contributed by atoms with Crippen LogP contribution in [0.4, 0.5) is 10.1 Å². The fourth-order valence-corrected chi connectivity index (χ4v) is 3.43. The quantitative estimate of drug-likeness (QED) is 0.680. The van der Waals surface area contributed by atoms with Crippen molar-refractivity contribution in [1.82, 2.24) is 4.98 Å². The zero-order chi connectivity index (χ0) is 19.4. The predicted octanol–water partition coefficient (Wildman–Crippen LogP) is 4.46. The summed E-state index contributed by atoms with van der Waals surface area (Å²) < 4.78 is 23.7. The molecule has 3 aromatic rings. The molecule has 0 bridgehead atoms. The van der Waals surface area contributed by atoms with E-state index in [1.54, 1.807) is 27.2 Å². The molecule has 1 N–H and O–H groups in total. The number of nitrogens with one attached hydrogen (secondary N) is 1. The van der Waals surface area contributed by atoms with Gasteiger partial charge in [-0.05, 0) is 48.9 Å². The Hall–Kier alpha value is -2.93. The average molecular weight is 386 g/mol. The number of aromatic nitrogens is 1. The molecule has 1 aromatic heterocycles. The van der Waals surface area contributed by atoms with Crippen LogP contribution in [0.5, 0.6) is 11.5 Å². The zero-order valence-electron chi connectivity index (χ0n) is 15.2. The van der Waals surface area contributed by atoms with E-state index in [0.29, 0.717) is 28.4 Å². The number of ether oxygens (including phenoxy) is 2. The molecule has 0 unspecified atom stereocenters. The highest BCUT2D eigenvalue weighted by atomic mass is 32.1. The number of aryl methyl sites for hydroxylation is 1. The molecule has 3 rings (SSSR count). The van der Waals surface area contributed by atoms with E-state index in [1.165, 1.54) is 23.5 Å². The molecule has 140 valence electrons. The number of methoxy groups -OCH3 is 2. The monoisotopic (exact) mass is 386 g/mol. The Labute approximate surface area is 160 Å². The number of carbonyl (C=O) groups excluding carboxylic acids is 1. The Bertz CT molecular complexity index is 972. The van der Waals surface area contributed by atoms with E-state index in [0.717, 1.165) is 10.6 Å². The number of benzene rings is 2. The molecule has 0 aliphatic heterocycles. The van der Waals surface area contributed by atoms with E-state index < -0.39 is 0 Å². The van der Waals surface area contributed by atoms with Gasteiger partial charge in [0.2, 0.25) is 5.91 Å². The van der Waals surface area contributed by atoms with Crippen LogP contribution in [-0.2, 0) is 11.2 Å².